The van der Waals surface area contributed by atoms with Crippen LogP contribution in [0.25, 0.3) is 0 Å². The summed E-state index contributed by atoms with van der Waals surface area (Å²) in [7, 11) is 1.64. The Morgan fingerprint density at radius 3 is 2.67 bits per heavy atom. The minimum atomic E-state index is -0.636. The molecule has 0 N–H and O–H groups in total. The zero-order valence-electron chi connectivity index (χ0n) is 11.8. The fourth-order valence-corrected chi connectivity index (χ4v) is 3.28. The Balaban J connectivity index is 1.64. The topological polar surface area (TPSA) is 38.8 Å². The van der Waals surface area contributed by atoms with Crippen LogP contribution in [0.1, 0.15) is 34.0 Å². The van der Waals surface area contributed by atoms with E-state index in [2.05, 4.69) is 0 Å². The molecular weight excluding hydrogens is 264 g/mol. The van der Waals surface area contributed by atoms with Crippen molar-refractivity contribution >= 4 is 5.78 Å². The van der Waals surface area contributed by atoms with Crippen LogP contribution in [-0.4, -0.2) is 18.5 Å². The Hall–Kier alpha value is -2.13. The van der Waals surface area contributed by atoms with E-state index in [0.717, 1.165) is 35.3 Å². The highest BCUT2D eigenvalue weighted by Gasteiger charge is 2.63. The molecule has 0 bridgehead atoms. The van der Waals surface area contributed by atoms with Gasteiger partial charge in [-0.05, 0) is 36.1 Å². The number of ether oxygens (including phenoxy) is 2. The SMILES string of the molecule is COc1ccc([C@H]2O[C@]23CCc2ccccc2C3=O)cc1. The van der Waals surface area contributed by atoms with Crippen LogP contribution >= 0.6 is 0 Å². The summed E-state index contributed by atoms with van der Waals surface area (Å²) in [6.07, 6.45) is 1.54. The average Bonchev–Trinajstić information content (AvgIpc) is 3.27. The molecular formula is C18H16O3. The Morgan fingerprint density at radius 2 is 1.90 bits per heavy atom. The van der Waals surface area contributed by atoms with Crippen molar-refractivity contribution in [2.75, 3.05) is 7.11 Å². The third-order valence-electron chi connectivity index (χ3n) is 4.53. The van der Waals surface area contributed by atoms with E-state index in [1.807, 2.05) is 48.5 Å². The lowest BCUT2D eigenvalue weighted by Gasteiger charge is -2.20. The molecule has 0 radical (unpaired) electrons. The van der Waals surface area contributed by atoms with E-state index in [9.17, 15) is 4.79 Å². The van der Waals surface area contributed by atoms with Gasteiger partial charge in [0.05, 0.1) is 7.11 Å². The monoisotopic (exact) mass is 280 g/mol. The first-order valence-corrected chi connectivity index (χ1v) is 7.19. The number of epoxide rings is 1. The van der Waals surface area contributed by atoms with E-state index in [-0.39, 0.29) is 11.9 Å². The maximum atomic E-state index is 12.8. The number of hydrogen-bond acceptors (Lipinski definition) is 3. The summed E-state index contributed by atoms with van der Waals surface area (Å²) < 4.78 is 11.0. The van der Waals surface area contributed by atoms with Gasteiger partial charge in [0, 0.05) is 5.56 Å². The second-order valence-corrected chi connectivity index (χ2v) is 5.65. The number of benzene rings is 2. The van der Waals surface area contributed by atoms with Crippen molar-refractivity contribution in [1.82, 2.24) is 0 Å². The average molecular weight is 280 g/mol. The second kappa shape index (κ2) is 4.43. The predicted octanol–water partition coefficient (Wildman–Crippen LogP) is 3.33. The number of carbonyl (C=O) groups excluding carboxylic acids is 1. The molecule has 2 aliphatic rings. The van der Waals surface area contributed by atoms with Crippen LogP contribution in [0.3, 0.4) is 0 Å². The van der Waals surface area contributed by atoms with Crippen LogP contribution in [0.4, 0.5) is 0 Å². The van der Waals surface area contributed by atoms with Crippen molar-refractivity contribution in [3.8, 4) is 5.75 Å². The Bertz CT molecular complexity index is 705. The molecule has 0 unspecified atom stereocenters. The van der Waals surface area contributed by atoms with Crippen molar-refractivity contribution in [3.05, 3.63) is 65.2 Å². The van der Waals surface area contributed by atoms with Crippen molar-refractivity contribution in [2.45, 2.75) is 24.5 Å². The number of aryl methyl sites for hydroxylation is 1. The molecule has 1 spiro atoms. The minimum absolute atomic E-state index is 0.121. The molecule has 1 heterocycles. The summed E-state index contributed by atoms with van der Waals surface area (Å²) in [5.74, 6) is 0.943. The summed E-state index contributed by atoms with van der Waals surface area (Å²) >= 11 is 0. The third kappa shape index (κ3) is 1.81. The number of fused-ring (bicyclic) bond motifs is 1. The molecule has 0 saturated carbocycles. The molecule has 106 valence electrons. The highest BCUT2D eigenvalue weighted by atomic mass is 16.6. The van der Waals surface area contributed by atoms with Crippen molar-refractivity contribution in [1.29, 1.82) is 0 Å². The van der Waals surface area contributed by atoms with Crippen LogP contribution < -0.4 is 4.74 Å². The summed E-state index contributed by atoms with van der Waals surface area (Å²) in [5, 5.41) is 0. The Labute approximate surface area is 123 Å². The first kappa shape index (κ1) is 12.6. The van der Waals surface area contributed by atoms with Crippen molar-refractivity contribution < 1.29 is 14.3 Å². The van der Waals surface area contributed by atoms with Crippen LogP contribution in [0.5, 0.6) is 5.75 Å². The predicted molar refractivity (Wildman–Crippen MR) is 78.6 cm³/mol. The molecule has 3 nitrogen and oxygen atoms in total. The molecule has 1 saturated heterocycles. The third-order valence-corrected chi connectivity index (χ3v) is 4.53. The smallest absolute Gasteiger partial charge is 0.198 e. The Morgan fingerprint density at radius 1 is 1.14 bits per heavy atom. The van der Waals surface area contributed by atoms with Gasteiger partial charge in [0.2, 0.25) is 0 Å². The van der Waals surface area contributed by atoms with Crippen LogP contribution in [-0.2, 0) is 11.2 Å². The lowest BCUT2D eigenvalue weighted by molar-refractivity contribution is 0.0850. The number of Topliss-reactive ketones (excluding diaryl/α,β-unsaturated/α-hetero) is 1. The molecule has 4 rings (SSSR count). The lowest BCUT2D eigenvalue weighted by Crippen LogP contribution is -2.31. The van der Waals surface area contributed by atoms with Gasteiger partial charge >= 0.3 is 0 Å². The largest absolute Gasteiger partial charge is 0.497 e. The van der Waals surface area contributed by atoms with Crippen molar-refractivity contribution in [2.24, 2.45) is 0 Å². The molecule has 1 aliphatic heterocycles. The number of ketones is 1. The zero-order chi connectivity index (χ0) is 14.4. The maximum Gasteiger partial charge on any atom is 0.198 e. The standard InChI is InChI=1S/C18H16O3/c1-20-14-8-6-13(7-9-14)17-18(21-17)11-10-12-4-2-3-5-15(12)16(18)19/h2-9,17H,10-11H2,1H3/t17-,18+/m1/s1. The summed E-state index contributed by atoms with van der Waals surface area (Å²) in [4.78, 5) is 12.8. The minimum Gasteiger partial charge on any atom is -0.497 e. The normalized spacial score (nSPS) is 26.5. The van der Waals surface area contributed by atoms with Gasteiger partial charge in [-0.15, -0.1) is 0 Å². The zero-order valence-corrected chi connectivity index (χ0v) is 11.8. The molecule has 21 heavy (non-hydrogen) atoms. The number of rotatable bonds is 2. The lowest BCUT2D eigenvalue weighted by atomic mass is 9.79. The van der Waals surface area contributed by atoms with Crippen LogP contribution in [0.2, 0.25) is 0 Å². The number of hydrogen-bond donors (Lipinski definition) is 0. The molecule has 3 heteroatoms. The first-order chi connectivity index (χ1) is 10.2. The molecule has 1 aliphatic carbocycles. The van der Waals surface area contributed by atoms with Gasteiger partial charge in [-0.2, -0.15) is 0 Å². The molecule has 2 atom stereocenters. The quantitative estimate of drug-likeness (QED) is 0.792. The highest BCUT2D eigenvalue weighted by molar-refractivity contribution is 6.07. The van der Waals surface area contributed by atoms with Crippen LogP contribution in [0, 0.1) is 0 Å². The van der Waals surface area contributed by atoms with Crippen LogP contribution in [0.15, 0.2) is 48.5 Å². The van der Waals surface area contributed by atoms with Gasteiger partial charge in [0.1, 0.15) is 11.9 Å². The van der Waals surface area contributed by atoms with Gasteiger partial charge in [0.15, 0.2) is 11.4 Å². The van der Waals surface area contributed by atoms with E-state index >= 15 is 0 Å². The summed E-state index contributed by atoms with van der Waals surface area (Å²) in [6.45, 7) is 0. The Kier molecular flexibility index (Phi) is 2.66. The van der Waals surface area contributed by atoms with E-state index in [0.29, 0.717) is 0 Å². The van der Waals surface area contributed by atoms with Gasteiger partial charge in [-0.3, -0.25) is 4.79 Å². The first-order valence-electron chi connectivity index (χ1n) is 7.19. The molecule has 0 amide bonds. The number of carbonyl (C=O) groups is 1. The second-order valence-electron chi connectivity index (χ2n) is 5.65. The molecule has 0 aromatic heterocycles. The van der Waals surface area contributed by atoms with Gasteiger partial charge in [-0.1, -0.05) is 36.4 Å². The molecule has 2 aromatic rings. The van der Waals surface area contributed by atoms with Gasteiger partial charge in [-0.25, -0.2) is 0 Å². The number of methoxy groups -OCH3 is 1. The fourth-order valence-electron chi connectivity index (χ4n) is 3.28. The van der Waals surface area contributed by atoms with E-state index in [4.69, 9.17) is 9.47 Å². The maximum absolute atomic E-state index is 12.8. The molecule has 2 aromatic carbocycles. The molecule has 1 fully saturated rings. The van der Waals surface area contributed by atoms with E-state index < -0.39 is 5.60 Å². The summed E-state index contributed by atoms with van der Waals surface area (Å²) in [5.41, 5.74) is 2.36. The van der Waals surface area contributed by atoms with E-state index in [1.54, 1.807) is 7.11 Å². The fraction of sp³-hybridized carbons (Fsp3) is 0.278. The van der Waals surface area contributed by atoms with Crippen molar-refractivity contribution in [3.63, 3.8) is 0 Å². The van der Waals surface area contributed by atoms with Gasteiger partial charge in [0.25, 0.3) is 0 Å². The van der Waals surface area contributed by atoms with Gasteiger partial charge < -0.3 is 9.47 Å². The summed E-state index contributed by atoms with van der Waals surface area (Å²) in [6, 6.07) is 15.6. The van der Waals surface area contributed by atoms with E-state index in [1.165, 1.54) is 0 Å². The highest BCUT2D eigenvalue weighted by Crippen LogP contribution is 2.56.